The van der Waals surface area contributed by atoms with Crippen LogP contribution in [0.3, 0.4) is 0 Å². The van der Waals surface area contributed by atoms with E-state index in [2.05, 4.69) is 130 Å². The predicted molar refractivity (Wildman–Crippen MR) is 316 cm³/mol. The lowest BCUT2D eigenvalue weighted by atomic mass is 10.1. The first-order valence-electron chi connectivity index (χ1n) is 30.4. The molecule has 0 aromatic carbocycles. The van der Waals surface area contributed by atoms with Crippen LogP contribution in [-0.2, 0) is 28.6 Å². The first kappa shape index (κ1) is 69.1. The van der Waals surface area contributed by atoms with Gasteiger partial charge in [0, 0.05) is 19.3 Å². The third-order valence-electron chi connectivity index (χ3n) is 12.8. The van der Waals surface area contributed by atoms with Gasteiger partial charge in [0.1, 0.15) is 13.2 Å². The quantitative estimate of drug-likeness (QED) is 0.0261. The van der Waals surface area contributed by atoms with E-state index in [9.17, 15) is 14.4 Å². The number of carbonyl (C=O) groups is 3. The van der Waals surface area contributed by atoms with E-state index in [1.165, 1.54) is 116 Å². The van der Waals surface area contributed by atoms with E-state index < -0.39 is 6.10 Å². The summed E-state index contributed by atoms with van der Waals surface area (Å²) in [5.74, 6) is -0.904. The molecule has 73 heavy (non-hydrogen) atoms. The van der Waals surface area contributed by atoms with Gasteiger partial charge in [0.25, 0.3) is 0 Å². The second-order valence-corrected chi connectivity index (χ2v) is 19.9. The average molecular weight is 1010 g/mol. The molecule has 6 heteroatoms. The van der Waals surface area contributed by atoms with Crippen LogP contribution in [0.2, 0.25) is 0 Å². The van der Waals surface area contributed by atoms with Crippen molar-refractivity contribution in [1.29, 1.82) is 0 Å². The Hall–Kier alpha value is -3.93. The van der Waals surface area contributed by atoms with Crippen molar-refractivity contribution in [2.24, 2.45) is 0 Å². The highest BCUT2D eigenvalue weighted by molar-refractivity contribution is 5.71. The van der Waals surface area contributed by atoms with E-state index in [1.54, 1.807) is 0 Å². The lowest BCUT2D eigenvalue weighted by molar-refractivity contribution is -0.167. The molecule has 0 aliphatic heterocycles. The molecule has 6 nitrogen and oxygen atoms in total. The molecule has 0 radical (unpaired) electrons. The van der Waals surface area contributed by atoms with Gasteiger partial charge in [-0.3, -0.25) is 14.4 Å². The summed E-state index contributed by atoms with van der Waals surface area (Å²) in [6.45, 7) is 6.44. The minimum atomic E-state index is -0.782. The van der Waals surface area contributed by atoms with Gasteiger partial charge < -0.3 is 14.2 Å². The highest BCUT2D eigenvalue weighted by Gasteiger charge is 2.19. The largest absolute Gasteiger partial charge is 0.462 e. The number of hydrogen-bond acceptors (Lipinski definition) is 6. The van der Waals surface area contributed by atoms with Crippen LogP contribution in [0.25, 0.3) is 0 Å². The molecule has 0 aromatic heterocycles. The van der Waals surface area contributed by atoms with Crippen molar-refractivity contribution in [2.45, 2.75) is 284 Å². The summed E-state index contributed by atoms with van der Waals surface area (Å²) >= 11 is 0. The Bertz CT molecular complexity index is 1490. The van der Waals surface area contributed by atoms with Gasteiger partial charge in [0.2, 0.25) is 0 Å². The van der Waals surface area contributed by atoms with Crippen LogP contribution in [0.4, 0.5) is 0 Å². The first-order valence-corrected chi connectivity index (χ1v) is 30.4. The summed E-state index contributed by atoms with van der Waals surface area (Å²) < 4.78 is 16.8. The van der Waals surface area contributed by atoms with Gasteiger partial charge in [-0.15, -0.1) is 0 Å². The number of unbranched alkanes of at least 4 members (excludes halogenated alkanes) is 25. The number of allylic oxidation sites excluding steroid dienone is 18. The lowest BCUT2D eigenvalue weighted by Gasteiger charge is -2.18. The van der Waals surface area contributed by atoms with Crippen LogP contribution in [-0.4, -0.2) is 37.2 Å². The Morgan fingerprint density at radius 1 is 0.288 bits per heavy atom. The third-order valence-corrected chi connectivity index (χ3v) is 12.8. The van der Waals surface area contributed by atoms with Crippen molar-refractivity contribution in [3.63, 3.8) is 0 Å². The van der Waals surface area contributed by atoms with E-state index in [1.807, 2.05) is 0 Å². The van der Waals surface area contributed by atoms with Crippen LogP contribution < -0.4 is 0 Å². The molecule has 0 heterocycles. The molecule has 0 spiro atoms. The molecule has 1 atom stereocenters. The molecule has 0 amide bonds. The highest BCUT2D eigenvalue weighted by Crippen LogP contribution is 2.15. The van der Waals surface area contributed by atoms with Gasteiger partial charge in [0.15, 0.2) is 6.10 Å². The van der Waals surface area contributed by atoms with E-state index in [4.69, 9.17) is 14.2 Å². The summed E-state index contributed by atoms with van der Waals surface area (Å²) in [6.07, 6.45) is 82.6. The van der Waals surface area contributed by atoms with E-state index >= 15 is 0 Å². The molecule has 0 bridgehead atoms. The number of esters is 3. The summed E-state index contributed by atoms with van der Waals surface area (Å²) in [5, 5.41) is 0. The Kier molecular flexibility index (Phi) is 57.4. The Labute approximate surface area is 450 Å². The SMILES string of the molecule is CC/C=C\C/C=C\C/C=C\C/C=C\C/C=C\C/C=C\C/C=C\CCCCCCCCCCCC(=O)OCC(COC(=O)CCCCCCCC)OC(=O)CCCCCCCCC/C=C\C/C=C\CCCCCC. The van der Waals surface area contributed by atoms with Crippen LogP contribution in [0.15, 0.2) is 109 Å². The van der Waals surface area contributed by atoms with E-state index in [0.29, 0.717) is 19.3 Å². The monoisotopic (exact) mass is 1010 g/mol. The zero-order valence-corrected chi connectivity index (χ0v) is 47.6. The van der Waals surface area contributed by atoms with E-state index in [-0.39, 0.29) is 31.1 Å². The van der Waals surface area contributed by atoms with Gasteiger partial charge >= 0.3 is 17.9 Å². The van der Waals surface area contributed by atoms with Gasteiger partial charge in [-0.05, 0) is 109 Å². The third kappa shape index (κ3) is 58.8. The maximum Gasteiger partial charge on any atom is 0.306 e. The Morgan fingerprint density at radius 2 is 0.534 bits per heavy atom. The fourth-order valence-electron chi connectivity index (χ4n) is 8.22. The Morgan fingerprint density at radius 3 is 0.849 bits per heavy atom. The topological polar surface area (TPSA) is 78.9 Å². The number of rotatable bonds is 54. The summed E-state index contributed by atoms with van der Waals surface area (Å²) in [7, 11) is 0. The zero-order valence-electron chi connectivity index (χ0n) is 47.6. The molecule has 416 valence electrons. The fourth-order valence-corrected chi connectivity index (χ4v) is 8.22. The van der Waals surface area contributed by atoms with Crippen molar-refractivity contribution >= 4 is 17.9 Å². The number of ether oxygens (including phenoxy) is 3. The maximum atomic E-state index is 12.8. The average Bonchev–Trinajstić information content (AvgIpc) is 3.39. The molecule has 0 rings (SSSR count). The van der Waals surface area contributed by atoms with Crippen molar-refractivity contribution in [2.75, 3.05) is 13.2 Å². The number of carbonyl (C=O) groups excluding carboxylic acids is 3. The molecule has 0 aliphatic carbocycles. The smallest absolute Gasteiger partial charge is 0.306 e. The van der Waals surface area contributed by atoms with Crippen LogP contribution >= 0.6 is 0 Å². The standard InChI is InChI=1S/C67H112O6/c1-4-7-10-13-16-18-20-22-24-26-28-29-30-31-32-33-34-35-36-37-38-39-40-42-43-45-47-49-51-54-57-60-66(69)72-63-64(62-71-65(68)59-56-53-15-12-9-6-3)73-67(70)61-58-55-52-50-48-46-44-41-27-25-23-21-19-17-14-11-8-5-2/h7,10,16,18-19,21-22,24-25,27-29,31-32,34-35,37-38,64H,4-6,8-9,11-15,17,20,23,26,30,33,36,39-63H2,1-3H3/b10-7-,18-16-,21-19-,24-22-,27-25-,29-28-,32-31-,35-34-,38-37-. The predicted octanol–water partition coefficient (Wildman–Crippen LogP) is 20.7. The maximum absolute atomic E-state index is 12.8. The molecule has 0 aromatic rings. The molecule has 0 saturated carbocycles. The van der Waals surface area contributed by atoms with Gasteiger partial charge in [-0.1, -0.05) is 259 Å². The molecule has 0 fully saturated rings. The minimum absolute atomic E-state index is 0.0829. The lowest BCUT2D eigenvalue weighted by Crippen LogP contribution is -2.30. The molecule has 0 N–H and O–H groups in total. The van der Waals surface area contributed by atoms with Crippen LogP contribution in [0.5, 0.6) is 0 Å². The van der Waals surface area contributed by atoms with Gasteiger partial charge in [-0.25, -0.2) is 0 Å². The summed E-state index contributed by atoms with van der Waals surface area (Å²) in [5.41, 5.74) is 0. The molecular weight excluding hydrogens is 901 g/mol. The van der Waals surface area contributed by atoms with E-state index in [0.717, 1.165) is 122 Å². The second kappa shape index (κ2) is 60.6. The number of hydrogen-bond donors (Lipinski definition) is 0. The van der Waals surface area contributed by atoms with Crippen molar-refractivity contribution in [1.82, 2.24) is 0 Å². The molecule has 0 saturated heterocycles. The van der Waals surface area contributed by atoms with Gasteiger partial charge in [0.05, 0.1) is 0 Å². The second-order valence-electron chi connectivity index (χ2n) is 19.9. The Balaban J connectivity index is 4.13. The van der Waals surface area contributed by atoms with Crippen LogP contribution in [0, 0.1) is 0 Å². The highest BCUT2D eigenvalue weighted by atomic mass is 16.6. The summed E-state index contributed by atoms with van der Waals surface area (Å²) in [6, 6.07) is 0. The first-order chi connectivity index (χ1) is 36.0. The van der Waals surface area contributed by atoms with Crippen molar-refractivity contribution in [3.8, 4) is 0 Å². The molecular formula is C67H112O6. The fraction of sp³-hybridized carbons (Fsp3) is 0.687. The minimum Gasteiger partial charge on any atom is -0.462 e. The van der Waals surface area contributed by atoms with Crippen molar-refractivity contribution < 1.29 is 28.6 Å². The van der Waals surface area contributed by atoms with Gasteiger partial charge in [-0.2, -0.15) is 0 Å². The molecule has 0 aliphatic rings. The summed E-state index contributed by atoms with van der Waals surface area (Å²) in [4.78, 5) is 37.9. The molecule has 1 unspecified atom stereocenters. The van der Waals surface area contributed by atoms with Crippen LogP contribution in [0.1, 0.15) is 278 Å². The zero-order chi connectivity index (χ0) is 52.9. The van der Waals surface area contributed by atoms with Crippen molar-refractivity contribution in [3.05, 3.63) is 109 Å². The normalized spacial score (nSPS) is 12.9.